The van der Waals surface area contributed by atoms with Crippen LogP contribution in [0.15, 0.2) is 0 Å². The van der Waals surface area contributed by atoms with E-state index >= 15 is 0 Å². The molecule has 112 valence electrons. The van der Waals surface area contributed by atoms with Gasteiger partial charge in [0, 0.05) is 6.54 Å². The Morgan fingerprint density at radius 3 is 2.32 bits per heavy atom. The predicted molar refractivity (Wildman–Crippen MR) is 79.1 cm³/mol. The van der Waals surface area contributed by atoms with Crippen LogP contribution in [0, 0.1) is 11.3 Å². The first-order valence-corrected chi connectivity index (χ1v) is 7.65. The largest absolute Gasteiger partial charge is 0.459 e. The Hall–Kier alpha value is -0.570. The van der Waals surface area contributed by atoms with E-state index in [0.717, 1.165) is 12.5 Å². The molecule has 0 aromatic carbocycles. The van der Waals surface area contributed by atoms with Crippen LogP contribution < -0.4 is 5.32 Å². The van der Waals surface area contributed by atoms with Crippen LogP contribution in [0.2, 0.25) is 0 Å². The highest BCUT2D eigenvalue weighted by molar-refractivity contribution is 5.72. The maximum absolute atomic E-state index is 11.7. The molecular weight excluding hydrogens is 238 g/mol. The van der Waals surface area contributed by atoms with Crippen molar-refractivity contribution in [2.75, 3.05) is 13.1 Å². The average Bonchev–Trinajstić information content (AvgIpc) is 2.62. The van der Waals surface area contributed by atoms with E-state index in [1.807, 2.05) is 20.8 Å². The summed E-state index contributed by atoms with van der Waals surface area (Å²) in [7, 11) is 0. The van der Waals surface area contributed by atoms with Crippen molar-refractivity contribution in [1.82, 2.24) is 5.32 Å². The third-order valence-electron chi connectivity index (χ3n) is 3.69. The molecule has 1 aliphatic rings. The quantitative estimate of drug-likeness (QED) is 0.750. The molecule has 1 aliphatic carbocycles. The third-order valence-corrected chi connectivity index (χ3v) is 3.69. The van der Waals surface area contributed by atoms with Crippen molar-refractivity contribution in [2.24, 2.45) is 11.3 Å². The Balaban J connectivity index is 2.35. The summed E-state index contributed by atoms with van der Waals surface area (Å²) < 4.78 is 5.32. The lowest BCUT2D eigenvalue weighted by molar-refractivity contribution is -0.153. The highest BCUT2D eigenvalue weighted by Crippen LogP contribution is 2.42. The second kappa shape index (κ2) is 6.74. The molecule has 19 heavy (non-hydrogen) atoms. The van der Waals surface area contributed by atoms with E-state index < -0.39 is 0 Å². The number of carbonyl (C=O) groups is 1. The monoisotopic (exact) mass is 269 g/mol. The van der Waals surface area contributed by atoms with Gasteiger partial charge in [0.15, 0.2) is 0 Å². The lowest BCUT2D eigenvalue weighted by Gasteiger charge is -2.31. The molecule has 0 aliphatic heterocycles. The molecule has 0 atom stereocenters. The van der Waals surface area contributed by atoms with Gasteiger partial charge in [0.1, 0.15) is 5.60 Å². The fraction of sp³-hybridized carbons (Fsp3) is 0.938. The summed E-state index contributed by atoms with van der Waals surface area (Å²) in [6, 6.07) is 0. The zero-order chi connectivity index (χ0) is 14.5. The van der Waals surface area contributed by atoms with E-state index in [1.54, 1.807) is 0 Å². The molecule has 0 aromatic rings. The summed E-state index contributed by atoms with van der Waals surface area (Å²) >= 11 is 0. The van der Waals surface area contributed by atoms with Gasteiger partial charge < -0.3 is 10.1 Å². The fourth-order valence-corrected chi connectivity index (χ4v) is 3.25. The van der Waals surface area contributed by atoms with Crippen molar-refractivity contribution in [3.05, 3.63) is 0 Å². The van der Waals surface area contributed by atoms with Crippen LogP contribution in [-0.4, -0.2) is 24.7 Å². The number of hydrogen-bond acceptors (Lipinski definition) is 3. The molecule has 1 rings (SSSR count). The molecule has 0 heterocycles. The highest BCUT2D eigenvalue weighted by atomic mass is 16.6. The number of ether oxygens (including phenoxy) is 1. The number of hydrogen-bond donors (Lipinski definition) is 1. The van der Waals surface area contributed by atoms with E-state index in [9.17, 15) is 4.79 Å². The van der Waals surface area contributed by atoms with Crippen molar-refractivity contribution in [3.63, 3.8) is 0 Å². The first kappa shape index (κ1) is 16.5. The van der Waals surface area contributed by atoms with Crippen LogP contribution >= 0.6 is 0 Å². The van der Waals surface area contributed by atoms with Gasteiger partial charge in [0.2, 0.25) is 0 Å². The lowest BCUT2D eigenvalue weighted by Crippen LogP contribution is -2.38. The zero-order valence-electron chi connectivity index (χ0n) is 13.3. The zero-order valence-corrected chi connectivity index (χ0v) is 13.3. The van der Waals surface area contributed by atoms with Crippen LogP contribution in [0.25, 0.3) is 0 Å². The summed E-state index contributed by atoms with van der Waals surface area (Å²) in [6.07, 6.45) is 6.52. The number of esters is 1. The second-order valence-electron chi connectivity index (χ2n) is 7.50. The maximum Gasteiger partial charge on any atom is 0.320 e. The first-order valence-electron chi connectivity index (χ1n) is 7.65. The Bertz CT molecular complexity index is 286. The second-order valence-corrected chi connectivity index (χ2v) is 7.50. The summed E-state index contributed by atoms with van der Waals surface area (Å²) in [5.41, 5.74) is 0.0257. The minimum absolute atomic E-state index is 0.148. The molecule has 1 N–H and O–H groups in total. The first-order chi connectivity index (χ1) is 8.72. The van der Waals surface area contributed by atoms with Crippen molar-refractivity contribution >= 4 is 5.97 Å². The maximum atomic E-state index is 11.7. The van der Waals surface area contributed by atoms with Gasteiger partial charge in [-0.2, -0.15) is 0 Å². The van der Waals surface area contributed by atoms with Crippen molar-refractivity contribution < 1.29 is 9.53 Å². The van der Waals surface area contributed by atoms with Crippen molar-refractivity contribution in [2.45, 2.75) is 72.3 Å². The Labute approximate surface area is 118 Å². The van der Waals surface area contributed by atoms with E-state index in [-0.39, 0.29) is 11.6 Å². The summed E-state index contributed by atoms with van der Waals surface area (Å²) in [5, 5.41) is 3.32. The highest BCUT2D eigenvalue weighted by Gasteiger charge is 2.34. The smallest absolute Gasteiger partial charge is 0.320 e. The minimum Gasteiger partial charge on any atom is -0.459 e. The molecule has 0 radical (unpaired) electrons. The van der Waals surface area contributed by atoms with E-state index in [1.165, 1.54) is 32.1 Å². The van der Waals surface area contributed by atoms with Gasteiger partial charge in [0.25, 0.3) is 0 Å². The number of rotatable bonds is 6. The Kier molecular flexibility index (Phi) is 5.84. The minimum atomic E-state index is -0.387. The molecule has 0 spiro atoms. The van der Waals surface area contributed by atoms with Gasteiger partial charge in [-0.15, -0.1) is 0 Å². The van der Waals surface area contributed by atoms with Crippen LogP contribution in [0.4, 0.5) is 0 Å². The van der Waals surface area contributed by atoms with Crippen LogP contribution in [0.1, 0.15) is 66.7 Å². The van der Waals surface area contributed by atoms with Gasteiger partial charge >= 0.3 is 5.97 Å². The predicted octanol–water partition coefficient (Wildman–Crippen LogP) is 3.52. The topological polar surface area (TPSA) is 38.3 Å². The summed E-state index contributed by atoms with van der Waals surface area (Å²) in [5.74, 6) is 0.576. The molecular formula is C16H31NO2. The molecule has 0 amide bonds. The molecule has 0 aromatic heterocycles. The molecule has 3 heteroatoms. The van der Waals surface area contributed by atoms with Crippen molar-refractivity contribution in [3.8, 4) is 0 Å². The van der Waals surface area contributed by atoms with E-state index in [2.05, 4.69) is 19.2 Å². The molecule has 3 nitrogen and oxygen atoms in total. The normalized spacial score (nSPS) is 18.8. The van der Waals surface area contributed by atoms with E-state index in [0.29, 0.717) is 12.0 Å². The van der Waals surface area contributed by atoms with Crippen LogP contribution in [0.5, 0.6) is 0 Å². The third kappa shape index (κ3) is 6.42. The summed E-state index contributed by atoms with van der Waals surface area (Å²) in [6.45, 7) is 11.6. The van der Waals surface area contributed by atoms with Gasteiger partial charge in [0.05, 0.1) is 6.54 Å². The van der Waals surface area contributed by atoms with Crippen LogP contribution in [-0.2, 0) is 9.53 Å². The van der Waals surface area contributed by atoms with Gasteiger partial charge in [-0.1, -0.05) is 26.7 Å². The average molecular weight is 269 g/mol. The molecule has 0 saturated heterocycles. The SMILES string of the molecule is CC(C)CC1(CNCC(=O)OC(C)(C)C)CCCC1. The van der Waals surface area contributed by atoms with Crippen LogP contribution in [0.3, 0.4) is 0 Å². The molecule has 1 saturated carbocycles. The van der Waals surface area contributed by atoms with Gasteiger partial charge in [-0.25, -0.2) is 0 Å². The number of nitrogens with one attached hydrogen (secondary N) is 1. The molecule has 0 unspecified atom stereocenters. The van der Waals surface area contributed by atoms with E-state index in [4.69, 9.17) is 4.74 Å². The van der Waals surface area contributed by atoms with Crippen molar-refractivity contribution in [1.29, 1.82) is 0 Å². The standard InChI is InChI=1S/C16H31NO2/c1-13(2)10-16(8-6-7-9-16)12-17-11-14(18)19-15(3,4)5/h13,17H,6-12H2,1-5H3. The van der Waals surface area contributed by atoms with Gasteiger partial charge in [-0.3, -0.25) is 4.79 Å². The Morgan fingerprint density at radius 1 is 1.26 bits per heavy atom. The summed E-state index contributed by atoms with van der Waals surface area (Å²) in [4.78, 5) is 11.7. The number of carbonyl (C=O) groups excluding carboxylic acids is 1. The fourth-order valence-electron chi connectivity index (χ4n) is 3.25. The van der Waals surface area contributed by atoms with Gasteiger partial charge in [-0.05, 0) is 51.4 Å². The molecule has 1 fully saturated rings. The lowest BCUT2D eigenvalue weighted by atomic mass is 9.78. The Morgan fingerprint density at radius 2 is 1.84 bits per heavy atom. The molecule has 0 bridgehead atoms.